The third kappa shape index (κ3) is 58.9. The molecule has 6 nitrogen and oxygen atoms in total. The summed E-state index contributed by atoms with van der Waals surface area (Å²) >= 11 is 0. The lowest BCUT2D eigenvalue weighted by atomic mass is 10.0. The monoisotopic (exact) mass is 1020 g/mol. The van der Waals surface area contributed by atoms with E-state index in [-0.39, 0.29) is 18.5 Å². The minimum atomic E-state index is -0.845. The summed E-state index contributed by atoms with van der Waals surface area (Å²) < 4.78 is 5.47. The average Bonchev–Trinajstić information content (AvgIpc) is 3.39. The maximum Gasteiger partial charge on any atom is 0.305 e. The number of aliphatic hydroxyl groups is 2. The van der Waals surface area contributed by atoms with Gasteiger partial charge in [-0.05, 0) is 83.5 Å². The number of amides is 1. The fourth-order valence-electron chi connectivity index (χ4n) is 9.84. The van der Waals surface area contributed by atoms with Crippen LogP contribution in [0.5, 0.6) is 0 Å². The molecule has 0 aliphatic rings. The second-order valence-corrected chi connectivity index (χ2v) is 22.1. The van der Waals surface area contributed by atoms with Crippen molar-refractivity contribution < 1.29 is 24.5 Å². The Morgan fingerprint density at radius 3 is 1.11 bits per heavy atom. The number of hydrogen-bond donors (Lipinski definition) is 3. The van der Waals surface area contributed by atoms with Crippen LogP contribution in [0.2, 0.25) is 0 Å². The predicted octanol–water partition coefficient (Wildman–Crippen LogP) is 20.5. The molecule has 0 aromatic rings. The first-order valence-electron chi connectivity index (χ1n) is 32.4. The largest absolute Gasteiger partial charge is 0.466 e. The van der Waals surface area contributed by atoms with Crippen LogP contribution in [0.1, 0.15) is 341 Å². The van der Waals surface area contributed by atoms with Crippen molar-refractivity contribution in [1.29, 1.82) is 0 Å². The number of rotatable bonds is 60. The van der Waals surface area contributed by atoms with Crippen LogP contribution in [0.15, 0.2) is 48.6 Å². The van der Waals surface area contributed by atoms with Crippen molar-refractivity contribution in [3.63, 3.8) is 0 Å². The fourth-order valence-corrected chi connectivity index (χ4v) is 9.84. The van der Waals surface area contributed by atoms with E-state index in [4.69, 9.17) is 4.74 Å². The van der Waals surface area contributed by atoms with Gasteiger partial charge in [-0.15, -0.1) is 0 Å². The lowest BCUT2D eigenvalue weighted by Crippen LogP contribution is -2.45. The minimum Gasteiger partial charge on any atom is -0.466 e. The summed E-state index contributed by atoms with van der Waals surface area (Å²) in [6, 6.07) is -0.629. The highest BCUT2D eigenvalue weighted by Gasteiger charge is 2.18. The highest BCUT2D eigenvalue weighted by atomic mass is 16.5. The van der Waals surface area contributed by atoms with Gasteiger partial charge in [-0.25, -0.2) is 0 Å². The molecule has 3 N–H and O–H groups in total. The number of allylic oxidation sites excluding steroid dienone is 7. The first-order chi connectivity index (χ1) is 36.0. The van der Waals surface area contributed by atoms with Gasteiger partial charge in [0.1, 0.15) is 0 Å². The molecule has 6 heteroatoms. The standard InChI is InChI=1S/C67H125NO5/c1-3-5-7-9-11-13-15-17-18-32-36-39-43-47-51-55-59-65(70)64(63-69)68-66(71)60-56-52-48-44-40-37-33-30-28-26-24-22-20-19-21-23-25-27-29-31-34-38-42-46-50-54-58-62-73-67(72)61-57-53-49-45-41-35-16-14-12-10-8-6-4-2/h8,10,14,16,19-20,55,59,64-65,69-70H,3-7,9,11-13,15,17-18,21-54,56-58,60-63H2,1-2H3,(H,68,71)/b10-8-,16-14-,20-19-,59-55+. The maximum atomic E-state index is 12.5. The zero-order valence-corrected chi connectivity index (χ0v) is 48.9. The Bertz CT molecular complexity index is 1230. The lowest BCUT2D eigenvalue weighted by molar-refractivity contribution is -0.143. The molecule has 0 aromatic heterocycles. The first kappa shape index (κ1) is 70.8. The summed E-state index contributed by atoms with van der Waals surface area (Å²) in [6.45, 7) is 4.85. The van der Waals surface area contributed by atoms with E-state index in [9.17, 15) is 19.8 Å². The molecule has 0 saturated carbocycles. The van der Waals surface area contributed by atoms with Crippen molar-refractivity contribution in [3.05, 3.63) is 48.6 Å². The van der Waals surface area contributed by atoms with Crippen LogP contribution < -0.4 is 5.32 Å². The van der Waals surface area contributed by atoms with Crippen molar-refractivity contribution in [2.45, 2.75) is 353 Å². The number of carbonyl (C=O) groups excluding carboxylic acids is 2. The van der Waals surface area contributed by atoms with Crippen molar-refractivity contribution in [3.8, 4) is 0 Å². The third-order valence-corrected chi connectivity index (χ3v) is 14.8. The topological polar surface area (TPSA) is 95.9 Å². The van der Waals surface area contributed by atoms with Gasteiger partial charge in [-0.3, -0.25) is 9.59 Å². The van der Waals surface area contributed by atoms with Gasteiger partial charge in [0, 0.05) is 12.8 Å². The molecule has 0 heterocycles. The Morgan fingerprint density at radius 1 is 0.384 bits per heavy atom. The lowest BCUT2D eigenvalue weighted by Gasteiger charge is -2.20. The van der Waals surface area contributed by atoms with Gasteiger partial charge in [0.2, 0.25) is 5.91 Å². The molecule has 0 spiro atoms. The maximum absolute atomic E-state index is 12.5. The van der Waals surface area contributed by atoms with Crippen molar-refractivity contribution in [2.75, 3.05) is 13.2 Å². The quantitative estimate of drug-likeness (QED) is 0.0320. The molecule has 0 aromatic carbocycles. The number of aliphatic hydroxyl groups excluding tert-OH is 2. The molecular formula is C67H125NO5. The number of hydrogen-bond acceptors (Lipinski definition) is 5. The summed E-state index contributed by atoms with van der Waals surface area (Å²) in [5.74, 6) is -0.0684. The minimum absolute atomic E-state index is 0.000910. The molecule has 73 heavy (non-hydrogen) atoms. The van der Waals surface area contributed by atoms with Gasteiger partial charge < -0.3 is 20.3 Å². The van der Waals surface area contributed by atoms with Gasteiger partial charge in [0.15, 0.2) is 0 Å². The molecule has 1 amide bonds. The molecule has 428 valence electrons. The van der Waals surface area contributed by atoms with E-state index in [1.165, 1.54) is 263 Å². The molecule has 2 unspecified atom stereocenters. The van der Waals surface area contributed by atoms with Gasteiger partial charge >= 0.3 is 5.97 Å². The molecular weight excluding hydrogens is 899 g/mol. The van der Waals surface area contributed by atoms with E-state index < -0.39 is 12.1 Å². The molecule has 0 radical (unpaired) electrons. The van der Waals surface area contributed by atoms with Crippen LogP contribution in [0.3, 0.4) is 0 Å². The Kier molecular flexibility index (Phi) is 60.5. The van der Waals surface area contributed by atoms with Crippen molar-refractivity contribution in [1.82, 2.24) is 5.32 Å². The zero-order valence-electron chi connectivity index (χ0n) is 48.9. The molecule has 0 aliphatic heterocycles. The third-order valence-electron chi connectivity index (χ3n) is 14.8. The number of unbranched alkanes of at least 4 members (excludes halogenated alkanes) is 43. The number of carbonyl (C=O) groups is 2. The normalized spacial score (nSPS) is 12.9. The molecule has 0 rings (SSSR count). The molecule has 0 fully saturated rings. The predicted molar refractivity (Wildman–Crippen MR) is 319 cm³/mol. The SMILES string of the molecule is CCC/C=C\C/C=C\CCCCCCCC(=O)OCCCCCCCCCCCCCC/C=C\CCCCCCCCCCCCCC(=O)NC(CO)C(O)/C=C/CCCCCCCCCCCCCCCC. The fraction of sp³-hybridized carbons (Fsp3) is 0.851. The number of esters is 1. The van der Waals surface area contributed by atoms with Crippen LogP contribution in [0.4, 0.5) is 0 Å². The second-order valence-electron chi connectivity index (χ2n) is 22.1. The van der Waals surface area contributed by atoms with Gasteiger partial charge in [-0.2, -0.15) is 0 Å². The highest BCUT2D eigenvalue weighted by Crippen LogP contribution is 2.17. The summed E-state index contributed by atoms with van der Waals surface area (Å²) in [5.41, 5.74) is 0. The molecule has 0 saturated heterocycles. The van der Waals surface area contributed by atoms with Gasteiger partial charge in [0.25, 0.3) is 0 Å². The Labute approximate surface area is 455 Å². The van der Waals surface area contributed by atoms with E-state index in [1.54, 1.807) is 6.08 Å². The Hall–Kier alpha value is -2.18. The average molecular weight is 1020 g/mol. The van der Waals surface area contributed by atoms with E-state index >= 15 is 0 Å². The van der Waals surface area contributed by atoms with Crippen LogP contribution >= 0.6 is 0 Å². The molecule has 2 atom stereocenters. The first-order valence-corrected chi connectivity index (χ1v) is 32.4. The van der Waals surface area contributed by atoms with Crippen LogP contribution in [0.25, 0.3) is 0 Å². The number of nitrogens with one attached hydrogen (secondary N) is 1. The smallest absolute Gasteiger partial charge is 0.305 e. The van der Waals surface area contributed by atoms with E-state index in [0.29, 0.717) is 19.4 Å². The van der Waals surface area contributed by atoms with Gasteiger partial charge in [-0.1, -0.05) is 294 Å². The number of ether oxygens (including phenoxy) is 1. The Morgan fingerprint density at radius 2 is 0.712 bits per heavy atom. The van der Waals surface area contributed by atoms with E-state index in [1.807, 2.05) is 6.08 Å². The Balaban J connectivity index is 3.41. The zero-order chi connectivity index (χ0) is 52.9. The van der Waals surface area contributed by atoms with Crippen molar-refractivity contribution in [2.24, 2.45) is 0 Å². The summed E-state index contributed by atoms with van der Waals surface area (Å²) in [4.78, 5) is 24.5. The molecule has 0 aliphatic carbocycles. The van der Waals surface area contributed by atoms with Crippen LogP contribution in [-0.4, -0.2) is 47.4 Å². The van der Waals surface area contributed by atoms with E-state index in [0.717, 1.165) is 51.4 Å². The van der Waals surface area contributed by atoms with Gasteiger partial charge in [0.05, 0.1) is 25.4 Å². The second kappa shape index (κ2) is 62.4. The summed E-state index contributed by atoms with van der Waals surface area (Å²) in [6.07, 6.45) is 80.2. The van der Waals surface area contributed by atoms with Crippen molar-refractivity contribution >= 4 is 11.9 Å². The summed E-state index contributed by atoms with van der Waals surface area (Å²) in [5, 5.41) is 23.2. The van der Waals surface area contributed by atoms with Crippen LogP contribution in [0, 0.1) is 0 Å². The molecule has 0 bridgehead atoms. The summed E-state index contributed by atoms with van der Waals surface area (Å²) in [7, 11) is 0. The van der Waals surface area contributed by atoms with E-state index in [2.05, 4.69) is 55.6 Å². The van der Waals surface area contributed by atoms with Crippen LogP contribution in [-0.2, 0) is 14.3 Å². The highest BCUT2D eigenvalue weighted by molar-refractivity contribution is 5.76.